The van der Waals surface area contributed by atoms with E-state index in [9.17, 15) is 9.90 Å². The number of carbonyl (C=O) groups excluding carboxylic acids is 1. The van der Waals surface area contributed by atoms with Crippen molar-refractivity contribution in [2.75, 3.05) is 19.0 Å². The predicted molar refractivity (Wildman–Crippen MR) is 70.0 cm³/mol. The quantitative estimate of drug-likeness (QED) is 0.883. The molecule has 4 nitrogen and oxygen atoms in total. The van der Waals surface area contributed by atoms with Crippen LogP contribution in [0.5, 0.6) is 5.75 Å². The molecule has 18 heavy (non-hydrogen) atoms. The van der Waals surface area contributed by atoms with E-state index < -0.39 is 5.41 Å². The molecule has 1 aromatic carbocycles. The molecule has 0 radical (unpaired) electrons. The first-order valence-corrected chi connectivity index (χ1v) is 6.25. The lowest BCUT2D eigenvalue weighted by molar-refractivity contribution is -0.133. The predicted octanol–water partition coefficient (Wildman–Crippen LogP) is 2.45. The molecular weight excluding hydrogens is 254 g/mol. The largest absolute Gasteiger partial charge is 0.497 e. The van der Waals surface area contributed by atoms with Crippen molar-refractivity contribution in [3.05, 3.63) is 23.2 Å². The summed E-state index contributed by atoms with van der Waals surface area (Å²) in [6.45, 7) is -0.118. The Labute approximate surface area is 111 Å². The second kappa shape index (κ2) is 5.16. The van der Waals surface area contributed by atoms with Gasteiger partial charge in [-0.2, -0.15) is 0 Å². The average molecular weight is 270 g/mol. The van der Waals surface area contributed by atoms with E-state index in [1.165, 1.54) is 0 Å². The van der Waals surface area contributed by atoms with Crippen molar-refractivity contribution in [2.24, 2.45) is 5.41 Å². The number of amides is 1. The highest BCUT2D eigenvalue weighted by Crippen LogP contribution is 2.41. The number of hydrogen-bond donors (Lipinski definition) is 2. The van der Waals surface area contributed by atoms with E-state index in [1.54, 1.807) is 25.3 Å². The number of ether oxygens (including phenoxy) is 1. The summed E-state index contributed by atoms with van der Waals surface area (Å²) in [7, 11) is 1.55. The number of benzene rings is 1. The molecule has 1 saturated carbocycles. The lowest BCUT2D eigenvalue weighted by atomic mass is 9.68. The number of nitrogens with one attached hydrogen (secondary N) is 1. The van der Waals surface area contributed by atoms with E-state index in [0.717, 1.165) is 19.3 Å². The number of rotatable bonds is 4. The summed E-state index contributed by atoms with van der Waals surface area (Å²) in [5.74, 6) is 0.474. The second-order valence-corrected chi connectivity index (χ2v) is 5.00. The average Bonchev–Trinajstić information content (AvgIpc) is 2.31. The topological polar surface area (TPSA) is 58.6 Å². The molecule has 98 valence electrons. The van der Waals surface area contributed by atoms with Gasteiger partial charge in [0.2, 0.25) is 5.91 Å². The summed E-state index contributed by atoms with van der Waals surface area (Å²) in [5.41, 5.74) is -0.0781. The third-order valence-electron chi connectivity index (χ3n) is 3.52. The van der Waals surface area contributed by atoms with Gasteiger partial charge in [0.15, 0.2) is 0 Å². The Bertz CT molecular complexity index is 452. The minimum atomic E-state index is -0.622. The SMILES string of the molecule is COc1ccc(NC(=O)C2(CO)CCC2)c(Cl)c1. The van der Waals surface area contributed by atoms with Crippen LogP contribution >= 0.6 is 11.6 Å². The van der Waals surface area contributed by atoms with Gasteiger partial charge in [-0.05, 0) is 25.0 Å². The smallest absolute Gasteiger partial charge is 0.232 e. The standard InChI is InChI=1S/C13H16ClNO3/c1-18-9-3-4-11(10(14)7-9)15-12(17)13(8-16)5-2-6-13/h3-4,7,16H,2,5-6,8H2,1H3,(H,15,17). The molecule has 0 saturated heterocycles. The second-order valence-electron chi connectivity index (χ2n) is 4.59. The maximum Gasteiger partial charge on any atom is 0.232 e. The van der Waals surface area contributed by atoms with Crippen molar-refractivity contribution in [3.8, 4) is 5.75 Å². The minimum absolute atomic E-state index is 0.118. The van der Waals surface area contributed by atoms with Crippen LogP contribution in [0.2, 0.25) is 5.02 Å². The van der Waals surface area contributed by atoms with Gasteiger partial charge in [-0.1, -0.05) is 18.0 Å². The molecule has 0 aromatic heterocycles. The molecule has 0 atom stereocenters. The monoisotopic (exact) mass is 269 g/mol. The van der Waals surface area contributed by atoms with Crippen LogP contribution in [0.3, 0.4) is 0 Å². The number of aliphatic hydroxyl groups excluding tert-OH is 1. The van der Waals surface area contributed by atoms with Gasteiger partial charge in [-0.25, -0.2) is 0 Å². The first-order chi connectivity index (χ1) is 8.61. The lowest BCUT2D eigenvalue weighted by Crippen LogP contribution is -2.44. The van der Waals surface area contributed by atoms with E-state index in [1.807, 2.05) is 0 Å². The summed E-state index contributed by atoms with van der Waals surface area (Å²) in [5, 5.41) is 12.5. The van der Waals surface area contributed by atoms with Crippen LogP contribution in [0.25, 0.3) is 0 Å². The zero-order chi connectivity index (χ0) is 13.2. The van der Waals surface area contributed by atoms with Crippen LogP contribution < -0.4 is 10.1 Å². The molecule has 2 rings (SSSR count). The van der Waals surface area contributed by atoms with Gasteiger partial charge >= 0.3 is 0 Å². The van der Waals surface area contributed by atoms with Gasteiger partial charge in [0, 0.05) is 6.07 Å². The summed E-state index contributed by atoms with van der Waals surface area (Å²) in [6, 6.07) is 5.07. The fraction of sp³-hybridized carbons (Fsp3) is 0.462. The van der Waals surface area contributed by atoms with E-state index in [0.29, 0.717) is 16.5 Å². The van der Waals surface area contributed by atoms with Crippen molar-refractivity contribution in [1.82, 2.24) is 0 Å². The molecule has 1 aliphatic rings. The Hall–Kier alpha value is -1.26. The van der Waals surface area contributed by atoms with E-state index >= 15 is 0 Å². The van der Waals surface area contributed by atoms with E-state index in [2.05, 4.69) is 5.32 Å². The maximum absolute atomic E-state index is 12.1. The zero-order valence-electron chi connectivity index (χ0n) is 10.2. The van der Waals surface area contributed by atoms with Crippen molar-refractivity contribution >= 4 is 23.2 Å². The normalized spacial score (nSPS) is 16.8. The van der Waals surface area contributed by atoms with Crippen LogP contribution in [0.4, 0.5) is 5.69 Å². The summed E-state index contributed by atoms with van der Waals surface area (Å²) in [6.07, 6.45) is 2.43. The van der Waals surface area contributed by atoms with E-state index in [4.69, 9.17) is 16.3 Å². The van der Waals surface area contributed by atoms with Gasteiger partial charge in [0.1, 0.15) is 5.75 Å². The maximum atomic E-state index is 12.1. The Morgan fingerprint density at radius 2 is 2.28 bits per heavy atom. The molecule has 0 unspecified atom stereocenters. The molecule has 0 aliphatic heterocycles. The first kappa shape index (κ1) is 13.2. The Balaban J connectivity index is 2.12. The number of carbonyl (C=O) groups is 1. The molecule has 5 heteroatoms. The van der Waals surface area contributed by atoms with Crippen LogP contribution in [0.1, 0.15) is 19.3 Å². The van der Waals surface area contributed by atoms with Gasteiger partial charge in [0.25, 0.3) is 0 Å². The number of aliphatic hydroxyl groups is 1. The van der Waals surface area contributed by atoms with Gasteiger partial charge in [0.05, 0.1) is 29.8 Å². The van der Waals surface area contributed by atoms with Crippen molar-refractivity contribution < 1.29 is 14.6 Å². The molecule has 1 amide bonds. The fourth-order valence-corrected chi connectivity index (χ4v) is 2.26. The Morgan fingerprint density at radius 1 is 1.56 bits per heavy atom. The van der Waals surface area contributed by atoms with Crippen LogP contribution in [-0.4, -0.2) is 24.7 Å². The van der Waals surface area contributed by atoms with Gasteiger partial charge < -0.3 is 15.2 Å². The highest BCUT2D eigenvalue weighted by Gasteiger charge is 2.43. The molecule has 0 heterocycles. The molecule has 0 bridgehead atoms. The Kier molecular flexibility index (Phi) is 3.78. The number of hydrogen-bond acceptors (Lipinski definition) is 3. The number of halogens is 1. The first-order valence-electron chi connectivity index (χ1n) is 5.87. The minimum Gasteiger partial charge on any atom is -0.497 e. The summed E-state index contributed by atoms with van der Waals surface area (Å²) < 4.78 is 5.04. The zero-order valence-corrected chi connectivity index (χ0v) is 11.0. The molecule has 2 N–H and O–H groups in total. The van der Waals surface area contributed by atoms with Crippen molar-refractivity contribution in [1.29, 1.82) is 0 Å². The van der Waals surface area contributed by atoms with Crippen LogP contribution in [0, 0.1) is 5.41 Å². The third kappa shape index (κ3) is 2.31. The van der Waals surface area contributed by atoms with Gasteiger partial charge in [-0.3, -0.25) is 4.79 Å². The van der Waals surface area contributed by atoms with Crippen molar-refractivity contribution in [3.63, 3.8) is 0 Å². The third-order valence-corrected chi connectivity index (χ3v) is 3.83. The number of methoxy groups -OCH3 is 1. The van der Waals surface area contributed by atoms with Crippen LogP contribution in [-0.2, 0) is 4.79 Å². The fourth-order valence-electron chi connectivity index (χ4n) is 2.04. The Morgan fingerprint density at radius 3 is 2.72 bits per heavy atom. The molecule has 0 spiro atoms. The lowest BCUT2D eigenvalue weighted by Gasteiger charge is -2.38. The molecule has 1 aliphatic carbocycles. The summed E-state index contributed by atoms with van der Waals surface area (Å²) in [4.78, 5) is 12.1. The highest BCUT2D eigenvalue weighted by molar-refractivity contribution is 6.33. The van der Waals surface area contributed by atoms with E-state index in [-0.39, 0.29) is 12.5 Å². The molecular formula is C13H16ClNO3. The van der Waals surface area contributed by atoms with Crippen molar-refractivity contribution in [2.45, 2.75) is 19.3 Å². The highest BCUT2D eigenvalue weighted by atomic mass is 35.5. The van der Waals surface area contributed by atoms with Crippen LogP contribution in [0.15, 0.2) is 18.2 Å². The number of anilines is 1. The molecule has 1 aromatic rings. The van der Waals surface area contributed by atoms with Gasteiger partial charge in [-0.15, -0.1) is 0 Å². The summed E-state index contributed by atoms with van der Waals surface area (Å²) >= 11 is 6.05. The molecule has 1 fully saturated rings.